The van der Waals surface area contributed by atoms with Crippen molar-refractivity contribution in [2.75, 3.05) is 7.11 Å². The molecule has 0 spiro atoms. The average Bonchev–Trinajstić information content (AvgIpc) is 2.26. The van der Waals surface area contributed by atoms with Crippen molar-refractivity contribution in [2.45, 2.75) is 0 Å². The van der Waals surface area contributed by atoms with E-state index in [0.29, 0.717) is 0 Å². The molecule has 0 N–H and O–H groups in total. The van der Waals surface area contributed by atoms with E-state index in [-0.39, 0.29) is 0 Å². The first-order chi connectivity index (χ1) is 6.90. The second-order valence-electron chi connectivity index (χ2n) is 3.02. The standard InChI is InChI=1S/C12H11NO/c1-14-13-9-10-6-7-11-4-2-3-5-12(11)8-10/h2-9H,1H3/b13-9-. The molecular weight excluding hydrogens is 174 g/mol. The molecule has 2 nitrogen and oxygen atoms in total. The van der Waals surface area contributed by atoms with Crippen molar-refractivity contribution < 1.29 is 4.84 Å². The fraction of sp³-hybridized carbons (Fsp3) is 0.0833. The molecule has 70 valence electrons. The van der Waals surface area contributed by atoms with Crippen LogP contribution in [0.3, 0.4) is 0 Å². The van der Waals surface area contributed by atoms with E-state index in [1.165, 1.54) is 17.9 Å². The summed E-state index contributed by atoms with van der Waals surface area (Å²) < 4.78 is 0. The summed E-state index contributed by atoms with van der Waals surface area (Å²) >= 11 is 0. The quantitative estimate of drug-likeness (QED) is 0.520. The van der Waals surface area contributed by atoms with Crippen LogP contribution in [0.5, 0.6) is 0 Å². The molecular formula is C12H11NO. The van der Waals surface area contributed by atoms with Crippen LogP contribution in [0.25, 0.3) is 10.8 Å². The molecule has 0 unspecified atom stereocenters. The number of oxime groups is 1. The Morgan fingerprint density at radius 1 is 1.07 bits per heavy atom. The summed E-state index contributed by atoms with van der Waals surface area (Å²) in [6.07, 6.45) is 1.70. The second-order valence-corrected chi connectivity index (χ2v) is 3.02. The fourth-order valence-electron chi connectivity index (χ4n) is 1.40. The molecule has 0 radical (unpaired) electrons. The molecule has 0 aliphatic carbocycles. The predicted molar refractivity (Wildman–Crippen MR) is 58.6 cm³/mol. The first-order valence-corrected chi connectivity index (χ1v) is 4.45. The van der Waals surface area contributed by atoms with Gasteiger partial charge in [-0.1, -0.05) is 41.6 Å². The molecule has 0 bridgehead atoms. The van der Waals surface area contributed by atoms with E-state index in [2.05, 4.69) is 34.3 Å². The molecule has 0 saturated heterocycles. The summed E-state index contributed by atoms with van der Waals surface area (Å²) in [7, 11) is 1.54. The van der Waals surface area contributed by atoms with Crippen LogP contribution in [0.1, 0.15) is 5.56 Å². The van der Waals surface area contributed by atoms with Gasteiger partial charge in [-0.3, -0.25) is 0 Å². The highest BCUT2D eigenvalue weighted by atomic mass is 16.6. The topological polar surface area (TPSA) is 21.6 Å². The minimum Gasteiger partial charge on any atom is -0.399 e. The maximum absolute atomic E-state index is 4.63. The van der Waals surface area contributed by atoms with Crippen LogP contribution in [0.15, 0.2) is 47.6 Å². The highest BCUT2D eigenvalue weighted by Gasteiger charge is 1.92. The lowest BCUT2D eigenvalue weighted by Gasteiger charge is -1.97. The smallest absolute Gasteiger partial charge is 0.106 e. The van der Waals surface area contributed by atoms with Gasteiger partial charge in [-0.2, -0.15) is 0 Å². The van der Waals surface area contributed by atoms with Crippen LogP contribution >= 0.6 is 0 Å². The molecule has 2 aromatic rings. The molecule has 2 rings (SSSR count). The predicted octanol–water partition coefficient (Wildman–Crippen LogP) is 2.82. The summed E-state index contributed by atoms with van der Waals surface area (Å²) in [5.41, 5.74) is 1.05. The van der Waals surface area contributed by atoms with Gasteiger partial charge in [0.05, 0.1) is 6.21 Å². The zero-order valence-corrected chi connectivity index (χ0v) is 7.97. The first kappa shape index (κ1) is 8.75. The van der Waals surface area contributed by atoms with Gasteiger partial charge in [0.2, 0.25) is 0 Å². The number of hydrogen-bond donors (Lipinski definition) is 0. The number of hydrogen-bond acceptors (Lipinski definition) is 2. The summed E-state index contributed by atoms with van der Waals surface area (Å²) in [4.78, 5) is 4.63. The molecule has 0 fully saturated rings. The number of rotatable bonds is 2. The molecule has 14 heavy (non-hydrogen) atoms. The number of fused-ring (bicyclic) bond motifs is 1. The second kappa shape index (κ2) is 3.92. The SMILES string of the molecule is CO/N=C\c1ccc2ccccc2c1. The van der Waals surface area contributed by atoms with E-state index in [1.807, 2.05) is 18.2 Å². The summed E-state index contributed by atoms with van der Waals surface area (Å²) in [6, 6.07) is 14.4. The zero-order chi connectivity index (χ0) is 9.80. The fourth-order valence-corrected chi connectivity index (χ4v) is 1.40. The normalized spacial score (nSPS) is 10.9. The summed E-state index contributed by atoms with van der Waals surface area (Å²) in [5, 5.41) is 6.18. The molecule has 0 amide bonds. The molecule has 0 heterocycles. The van der Waals surface area contributed by atoms with Gasteiger partial charge < -0.3 is 4.84 Å². The minimum atomic E-state index is 1.05. The summed E-state index contributed by atoms with van der Waals surface area (Å²) in [5.74, 6) is 0. The summed E-state index contributed by atoms with van der Waals surface area (Å²) in [6.45, 7) is 0. The molecule has 0 aliphatic heterocycles. The monoisotopic (exact) mass is 185 g/mol. The van der Waals surface area contributed by atoms with E-state index < -0.39 is 0 Å². The van der Waals surface area contributed by atoms with Crippen molar-refractivity contribution >= 4 is 17.0 Å². The molecule has 0 aliphatic rings. The number of nitrogens with zero attached hydrogens (tertiary/aromatic N) is 1. The Labute approximate surface area is 82.8 Å². The van der Waals surface area contributed by atoms with Gasteiger partial charge in [-0.05, 0) is 22.4 Å². The van der Waals surface area contributed by atoms with E-state index in [4.69, 9.17) is 0 Å². The largest absolute Gasteiger partial charge is 0.399 e. The molecule has 0 atom stereocenters. The van der Waals surface area contributed by atoms with Gasteiger partial charge >= 0.3 is 0 Å². The van der Waals surface area contributed by atoms with Gasteiger partial charge in [0.15, 0.2) is 0 Å². The lowest BCUT2D eigenvalue weighted by Crippen LogP contribution is -1.82. The van der Waals surface area contributed by atoms with E-state index in [1.54, 1.807) is 6.21 Å². The maximum Gasteiger partial charge on any atom is 0.106 e. The Morgan fingerprint density at radius 3 is 2.64 bits per heavy atom. The van der Waals surface area contributed by atoms with Crippen molar-refractivity contribution in [1.29, 1.82) is 0 Å². The third-order valence-electron chi connectivity index (χ3n) is 2.08. The van der Waals surface area contributed by atoms with Gasteiger partial charge in [0.1, 0.15) is 7.11 Å². The molecule has 2 aromatic carbocycles. The van der Waals surface area contributed by atoms with Crippen molar-refractivity contribution in [3.05, 3.63) is 48.0 Å². The molecule has 2 heteroatoms. The molecule has 0 saturated carbocycles. The Kier molecular flexibility index (Phi) is 2.45. The number of benzene rings is 2. The van der Waals surface area contributed by atoms with E-state index in [9.17, 15) is 0 Å². The van der Waals surface area contributed by atoms with Gasteiger partial charge in [0.25, 0.3) is 0 Å². The first-order valence-electron chi connectivity index (χ1n) is 4.45. The Hall–Kier alpha value is -1.83. The third kappa shape index (κ3) is 1.74. The van der Waals surface area contributed by atoms with Gasteiger partial charge in [-0.25, -0.2) is 0 Å². The van der Waals surface area contributed by atoms with Crippen LogP contribution in [0.4, 0.5) is 0 Å². The third-order valence-corrected chi connectivity index (χ3v) is 2.08. The van der Waals surface area contributed by atoms with Crippen LogP contribution in [-0.4, -0.2) is 13.3 Å². The van der Waals surface area contributed by atoms with Crippen LogP contribution in [0.2, 0.25) is 0 Å². The Bertz CT molecular complexity index is 463. The molecule has 0 aromatic heterocycles. The minimum absolute atomic E-state index is 1.05. The Morgan fingerprint density at radius 2 is 1.86 bits per heavy atom. The van der Waals surface area contributed by atoms with Crippen LogP contribution in [-0.2, 0) is 4.84 Å². The van der Waals surface area contributed by atoms with Crippen molar-refractivity contribution in [1.82, 2.24) is 0 Å². The Balaban J connectivity index is 2.46. The van der Waals surface area contributed by atoms with Gasteiger partial charge in [-0.15, -0.1) is 0 Å². The van der Waals surface area contributed by atoms with Crippen molar-refractivity contribution in [3.8, 4) is 0 Å². The van der Waals surface area contributed by atoms with E-state index in [0.717, 1.165) is 5.56 Å². The van der Waals surface area contributed by atoms with E-state index >= 15 is 0 Å². The lowest BCUT2D eigenvalue weighted by molar-refractivity contribution is 0.215. The van der Waals surface area contributed by atoms with Crippen LogP contribution in [0, 0.1) is 0 Å². The maximum atomic E-state index is 4.63. The van der Waals surface area contributed by atoms with Crippen LogP contribution < -0.4 is 0 Å². The zero-order valence-electron chi connectivity index (χ0n) is 7.97. The van der Waals surface area contributed by atoms with Crippen molar-refractivity contribution in [3.63, 3.8) is 0 Å². The average molecular weight is 185 g/mol. The highest BCUT2D eigenvalue weighted by Crippen LogP contribution is 2.14. The van der Waals surface area contributed by atoms with Gasteiger partial charge in [0, 0.05) is 0 Å². The van der Waals surface area contributed by atoms with Crippen molar-refractivity contribution in [2.24, 2.45) is 5.16 Å². The lowest BCUT2D eigenvalue weighted by atomic mass is 10.1. The highest BCUT2D eigenvalue weighted by molar-refractivity contribution is 5.90.